The van der Waals surface area contributed by atoms with Gasteiger partial charge in [-0.25, -0.2) is 0 Å². The summed E-state index contributed by atoms with van der Waals surface area (Å²) < 4.78 is 0. The lowest BCUT2D eigenvalue weighted by molar-refractivity contribution is -0.137. The first kappa shape index (κ1) is 21.7. The molecule has 170 valence electrons. The number of aryl methyl sites for hydroxylation is 1. The van der Waals surface area contributed by atoms with Gasteiger partial charge in [0.05, 0.1) is 0 Å². The van der Waals surface area contributed by atoms with Crippen LogP contribution in [0.25, 0.3) is 0 Å². The molecule has 3 aliphatic heterocycles. The van der Waals surface area contributed by atoms with E-state index in [9.17, 15) is 9.59 Å². The third-order valence-corrected chi connectivity index (χ3v) is 12.4. The molecule has 1 fully saturated rings. The zero-order chi connectivity index (χ0) is 22.5. The second-order valence-corrected chi connectivity index (χ2v) is 15.4. The van der Waals surface area contributed by atoms with E-state index in [1.165, 1.54) is 60.2 Å². The monoisotopic (exact) mass is 449 g/mol. The predicted molar refractivity (Wildman–Crippen MR) is 131 cm³/mol. The van der Waals surface area contributed by atoms with Crippen molar-refractivity contribution in [3.8, 4) is 0 Å². The maximum absolute atomic E-state index is 12.8. The van der Waals surface area contributed by atoms with Crippen LogP contribution in [0.3, 0.4) is 0 Å². The summed E-state index contributed by atoms with van der Waals surface area (Å²) in [5.74, 6) is -0.703. The van der Waals surface area contributed by atoms with Gasteiger partial charge in [0.1, 0.15) is 13.5 Å². The van der Waals surface area contributed by atoms with Gasteiger partial charge in [0.15, 0.2) is 0 Å². The normalized spacial score (nSPS) is 25.0. The van der Waals surface area contributed by atoms with Gasteiger partial charge >= 0.3 is 5.97 Å². The third-order valence-electron chi connectivity index (χ3n) is 8.61. The SMILES string of the molecule is C[Si]1(C)C(=O)C=CC2=C3N(CCC21)c1ccc(CCCCC(=O)O)cc1C31CCCCC1. The fourth-order valence-electron chi connectivity index (χ4n) is 6.87. The number of carbonyl (C=O) groups excluding carboxylic acids is 1. The van der Waals surface area contributed by atoms with Crippen molar-refractivity contribution in [1.82, 2.24) is 0 Å². The molecule has 0 saturated heterocycles. The Morgan fingerprint density at radius 2 is 1.94 bits per heavy atom. The van der Waals surface area contributed by atoms with Gasteiger partial charge in [-0.05, 0) is 72.9 Å². The van der Waals surface area contributed by atoms with Crippen LogP contribution in [0.5, 0.6) is 0 Å². The number of hydrogen-bond donors (Lipinski definition) is 1. The smallest absolute Gasteiger partial charge is 0.303 e. The molecule has 0 amide bonds. The van der Waals surface area contributed by atoms with Crippen LogP contribution < -0.4 is 4.90 Å². The van der Waals surface area contributed by atoms with Gasteiger partial charge in [-0.2, -0.15) is 0 Å². The Morgan fingerprint density at radius 1 is 1.16 bits per heavy atom. The zero-order valence-electron chi connectivity index (χ0n) is 19.5. The zero-order valence-corrected chi connectivity index (χ0v) is 20.5. The fourth-order valence-corrected chi connectivity index (χ4v) is 9.59. The van der Waals surface area contributed by atoms with E-state index in [-0.39, 0.29) is 11.8 Å². The molecule has 1 N–H and O–H groups in total. The molecule has 1 saturated carbocycles. The Hall–Kier alpha value is -2.14. The number of carbonyl (C=O) groups is 2. The highest BCUT2D eigenvalue weighted by molar-refractivity contribution is 7.07. The summed E-state index contributed by atoms with van der Waals surface area (Å²) in [6.45, 7) is 5.56. The summed E-state index contributed by atoms with van der Waals surface area (Å²) in [6.07, 6.45) is 14.3. The van der Waals surface area contributed by atoms with Crippen LogP contribution in [0, 0.1) is 0 Å². The highest BCUT2D eigenvalue weighted by Gasteiger charge is 2.54. The molecule has 0 bridgehead atoms. The van der Waals surface area contributed by atoms with Gasteiger partial charge < -0.3 is 14.8 Å². The van der Waals surface area contributed by atoms with E-state index in [0.717, 1.165) is 32.2 Å². The van der Waals surface area contributed by atoms with Gasteiger partial charge in [0.25, 0.3) is 0 Å². The Kier molecular flexibility index (Phi) is 5.43. The number of carboxylic acids is 1. The van der Waals surface area contributed by atoms with Crippen LogP contribution in [0.4, 0.5) is 5.69 Å². The molecule has 4 aliphatic rings. The van der Waals surface area contributed by atoms with E-state index < -0.39 is 14.0 Å². The molecule has 0 radical (unpaired) electrons. The molecule has 0 aromatic heterocycles. The number of allylic oxidation sites excluding steroid dienone is 4. The van der Waals surface area contributed by atoms with Gasteiger partial charge in [-0.1, -0.05) is 50.6 Å². The molecule has 1 aliphatic carbocycles. The number of nitrogens with zero attached hydrogens (tertiary/aromatic N) is 1. The molecule has 1 aromatic carbocycles. The van der Waals surface area contributed by atoms with Crippen LogP contribution >= 0.6 is 0 Å². The van der Waals surface area contributed by atoms with Crippen molar-refractivity contribution in [1.29, 1.82) is 0 Å². The maximum Gasteiger partial charge on any atom is 0.303 e. The highest BCUT2D eigenvalue weighted by atomic mass is 28.3. The number of benzene rings is 1. The Labute approximate surface area is 192 Å². The topological polar surface area (TPSA) is 57.6 Å². The van der Waals surface area contributed by atoms with Crippen molar-refractivity contribution in [2.24, 2.45) is 0 Å². The average Bonchev–Trinajstić information content (AvgIpc) is 3.04. The van der Waals surface area contributed by atoms with E-state index in [0.29, 0.717) is 10.9 Å². The summed E-state index contributed by atoms with van der Waals surface area (Å²) in [7, 11) is -2.00. The lowest BCUT2D eigenvalue weighted by atomic mass is 9.67. The highest BCUT2D eigenvalue weighted by Crippen LogP contribution is 2.60. The van der Waals surface area contributed by atoms with E-state index in [2.05, 4.69) is 42.3 Å². The molecule has 1 spiro atoms. The second kappa shape index (κ2) is 8.02. The molecule has 1 aromatic rings. The lowest BCUT2D eigenvalue weighted by Gasteiger charge is -2.46. The first-order valence-corrected chi connectivity index (χ1v) is 15.5. The van der Waals surface area contributed by atoms with Gasteiger partial charge in [0, 0.05) is 29.8 Å². The van der Waals surface area contributed by atoms with Crippen LogP contribution in [-0.2, 0) is 21.4 Å². The minimum Gasteiger partial charge on any atom is -0.481 e. The van der Waals surface area contributed by atoms with Gasteiger partial charge in [-0.15, -0.1) is 0 Å². The fraction of sp³-hybridized carbons (Fsp3) is 0.556. The summed E-state index contributed by atoms with van der Waals surface area (Å²) in [5.41, 5.74) is 7.74. The minimum atomic E-state index is -2.00. The van der Waals surface area contributed by atoms with Crippen LogP contribution in [0.15, 0.2) is 41.6 Å². The first-order valence-electron chi connectivity index (χ1n) is 12.4. The van der Waals surface area contributed by atoms with Crippen LogP contribution in [-0.4, -0.2) is 31.1 Å². The first-order chi connectivity index (χ1) is 15.3. The Bertz CT molecular complexity index is 1020. The third kappa shape index (κ3) is 3.31. The summed E-state index contributed by atoms with van der Waals surface area (Å²) in [5, 5.41) is 9.34. The summed E-state index contributed by atoms with van der Waals surface area (Å²) >= 11 is 0. The molecule has 1 atom stereocenters. The summed E-state index contributed by atoms with van der Waals surface area (Å²) in [4.78, 5) is 26.2. The quantitative estimate of drug-likeness (QED) is 0.448. The van der Waals surface area contributed by atoms with Crippen molar-refractivity contribution in [2.75, 3.05) is 11.4 Å². The van der Waals surface area contributed by atoms with Gasteiger partial charge in [-0.3, -0.25) is 4.79 Å². The molecular formula is C27H35NO3Si. The molecular weight excluding hydrogens is 414 g/mol. The standard InChI is InChI=1S/C27H35NO3Si/c1-32(2)23-14-17-28-22-12-10-19(8-4-5-9-24(29)30)18-21(22)27(15-6-3-7-16-27)26(28)20(23)11-13-25(32)31/h10-13,18,23H,3-9,14-17H2,1-2H3,(H,29,30). The van der Waals surface area contributed by atoms with Crippen molar-refractivity contribution >= 4 is 25.1 Å². The van der Waals surface area contributed by atoms with E-state index in [1.807, 2.05) is 6.08 Å². The van der Waals surface area contributed by atoms with Crippen LogP contribution in [0.1, 0.15) is 68.9 Å². The van der Waals surface area contributed by atoms with E-state index in [4.69, 9.17) is 5.11 Å². The van der Waals surface area contributed by atoms with Crippen LogP contribution in [0.2, 0.25) is 18.6 Å². The Balaban J connectivity index is 1.57. The maximum atomic E-state index is 12.8. The lowest BCUT2D eigenvalue weighted by Crippen LogP contribution is -2.49. The molecule has 1 unspecified atom stereocenters. The van der Waals surface area contributed by atoms with Crippen molar-refractivity contribution in [3.63, 3.8) is 0 Å². The Morgan fingerprint density at radius 3 is 2.69 bits per heavy atom. The molecule has 4 nitrogen and oxygen atoms in total. The van der Waals surface area contributed by atoms with Crippen molar-refractivity contribution in [2.45, 2.75) is 88.3 Å². The molecule has 5 heteroatoms. The number of fused-ring (bicyclic) bond motifs is 6. The van der Waals surface area contributed by atoms with Crippen molar-refractivity contribution in [3.05, 3.63) is 52.7 Å². The predicted octanol–water partition coefficient (Wildman–Crippen LogP) is 5.92. The van der Waals surface area contributed by atoms with Gasteiger partial charge in [0.2, 0.25) is 0 Å². The number of anilines is 1. The summed E-state index contributed by atoms with van der Waals surface area (Å²) in [6, 6.07) is 7.03. The van der Waals surface area contributed by atoms with Crippen molar-refractivity contribution < 1.29 is 14.7 Å². The number of hydrogen-bond acceptors (Lipinski definition) is 3. The second-order valence-electron chi connectivity index (χ2n) is 10.8. The average molecular weight is 450 g/mol. The number of unbranched alkanes of at least 4 members (excludes halogenated alkanes) is 1. The minimum absolute atomic E-state index is 0.0911. The van der Waals surface area contributed by atoms with E-state index >= 15 is 0 Å². The largest absolute Gasteiger partial charge is 0.481 e. The number of aliphatic carboxylic acids is 1. The molecule has 32 heavy (non-hydrogen) atoms. The number of carboxylic acid groups (broad SMARTS) is 1. The van der Waals surface area contributed by atoms with E-state index in [1.54, 1.807) is 0 Å². The number of rotatable bonds is 5. The molecule has 3 heterocycles. The molecule has 5 rings (SSSR count).